The van der Waals surface area contributed by atoms with Crippen molar-refractivity contribution >= 4 is 12.3 Å². The quantitative estimate of drug-likeness (QED) is 0.329. The van der Waals surface area contributed by atoms with Crippen molar-refractivity contribution in [2.45, 2.75) is 103 Å². The number of carbonyl (C=O) groups excluding carboxylic acids is 2. The Bertz CT molecular complexity index is 679. The van der Waals surface area contributed by atoms with Crippen molar-refractivity contribution in [3.63, 3.8) is 0 Å². The monoisotopic (exact) mass is 436 g/mol. The van der Waals surface area contributed by atoms with Crippen LogP contribution in [0.25, 0.3) is 0 Å². The van der Waals surface area contributed by atoms with E-state index in [-0.39, 0.29) is 22.9 Å². The Labute approximate surface area is 186 Å². The number of ether oxygens (including phenoxy) is 3. The third-order valence-corrected chi connectivity index (χ3v) is 7.87. The minimum absolute atomic E-state index is 0.153. The molecule has 0 aromatic rings. The fraction of sp³-hybridized carbons (Fsp3) is 0.840. The van der Waals surface area contributed by atoms with Gasteiger partial charge < -0.3 is 19.3 Å². The summed E-state index contributed by atoms with van der Waals surface area (Å²) in [5, 5.41) is 12.0. The molecule has 2 aliphatic carbocycles. The maximum absolute atomic E-state index is 12.7. The summed E-state index contributed by atoms with van der Waals surface area (Å²) < 4.78 is 17.5. The Morgan fingerprint density at radius 2 is 1.84 bits per heavy atom. The number of aliphatic hydroxyl groups is 1. The standard InChI is InChI=1S/C25H40O6/c1-5-6-7-8-9-11-20(27)31-19-16-18(17-26)25(28,22-29-14-15-30-22)24(4)13-10-12-23(2,3)21(19)24/h16-17,19,21-22,28H,5-15H2,1-4H3/t19-,21+,24+,25+/m1/s1. The number of fused-ring (bicyclic) bond motifs is 1. The molecular weight excluding hydrogens is 396 g/mol. The minimum atomic E-state index is -1.57. The number of esters is 1. The van der Waals surface area contributed by atoms with Crippen LogP contribution in [-0.2, 0) is 23.8 Å². The Morgan fingerprint density at radius 1 is 1.16 bits per heavy atom. The largest absolute Gasteiger partial charge is 0.458 e. The Morgan fingerprint density at radius 3 is 2.48 bits per heavy atom. The first-order valence-corrected chi connectivity index (χ1v) is 12.0. The number of hydrogen-bond donors (Lipinski definition) is 1. The third-order valence-electron chi connectivity index (χ3n) is 7.87. The maximum atomic E-state index is 12.7. The summed E-state index contributed by atoms with van der Waals surface area (Å²) in [6.45, 7) is 9.28. The van der Waals surface area contributed by atoms with E-state index in [1.54, 1.807) is 6.08 Å². The molecule has 1 saturated heterocycles. The predicted octanol–water partition coefficient (Wildman–Crippen LogP) is 4.33. The molecule has 0 unspecified atom stereocenters. The second-order valence-corrected chi connectivity index (χ2v) is 10.4. The lowest BCUT2D eigenvalue weighted by atomic mass is 9.46. The predicted molar refractivity (Wildman–Crippen MR) is 117 cm³/mol. The highest BCUT2D eigenvalue weighted by Crippen LogP contribution is 2.62. The molecule has 0 amide bonds. The highest BCUT2D eigenvalue weighted by molar-refractivity contribution is 5.78. The van der Waals surface area contributed by atoms with Crippen molar-refractivity contribution in [3.05, 3.63) is 11.6 Å². The van der Waals surface area contributed by atoms with Crippen molar-refractivity contribution in [3.8, 4) is 0 Å². The molecular formula is C25H40O6. The summed E-state index contributed by atoms with van der Waals surface area (Å²) in [5.74, 6) is -0.384. The highest BCUT2D eigenvalue weighted by Gasteiger charge is 2.67. The molecule has 6 nitrogen and oxygen atoms in total. The van der Waals surface area contributed by atoms with Crippen molar-refractivity contribution in [1.82, 2.24) is 0 Å². The summed E-state index contributed by atoms with van der Waals surface area (Å²) in [4.78, 5) is 24.8. The van der Waals surface area contributed by atoms with E-state index in [0.29, 0.717) is 32.3 Å². The van der Waals surface area contributed by atoms with Gasteiger partial charge in [-0.2, -0.15) is 0 Å². The van der Waals surface area contributed by atoms with Crippen LogP contribution in [0, 0.1) is 16.7 Å². The molecule has 176 valence electrons. The second-order valence-electron chi connectivity index (χ2n) is 10.4. The maximum Gasteiger partial charge on any atom is 0.306 e. The van der Waals surface area contributed by atoms with Gasteiger partial charge in [-0.05, 0) is 30.8 Å². The lowest BCUT2D eigenvalue weighted by Gasteiger charge is -2.61. The average Bonchev–Trinajstić information content (AvgIpc) is 3.25. The zero-order valence-electron chi connectivity index (χ0n) is 19.7. The number of unbranched alkanes of at least 4 members (excludes halogenated alkanes) is 4. The molecule has 1 saturated carbocycles. The van der Waals surface area contributed by atoms with Crippen LogP contribution in [-0.4, -0.2) is 48.6 Å². The van der Waals surface area contributed by atoms with Gasteiger partial charge in [0.25, 0.3) is 0 Å². The van der Waals surface area contributed by atoms with Crippen LogP contribution < -0.4 is 0 Å². The Balaban J connectivity index is 1.88. The third kappa shape index (κ3) is 4.49. The van der Waals surface area contributed by atoms with Gasteiger partial charge in [0, 0.05) is 23.3 Å². The van der Waals surface area contributed by atoms with Crippen LogP contribution in [0.2, 0.25) is 0 Å². The van der Waals surface area contributed by atoms with Crippen LogP contribution in [0.4, 0.5) is 0 Å². The molecule has 2 fully saturated rings. The molecule has 1 aliphatic heterocycles. The molecule has 0 spiro atoms. The van der Waals surface area contributed by atoms with Crippen LogP contribution >= 0.6 is 0 Å². The van der Waals surface area contributed by atoms with Crippen molar-refractivity contribution in [2.24, 2.45) is 16.7 Å². The normalized spacial score (nSPS) is 35.3. The van der Waals surface area contributed by atoms with Crippen molar-refractivity contribution < 1.29 is 28.9 Å². The molecule has 0 aromatic heterocycles. The first kappa shape index (κ1) is 24.4. The van der Waals surface area contributed by atoms with Gasteiger partial charge in [0.2, 0.25) is 0 Å². The Kier molecular flexibility index (Phi) is 7.65. The number of carbonyl (C=O) groups is 2. The van der Waals surface area contributed by atoms with E-state index < -0.39 is 23.4 Å². The van der Waals surface area contributed by atoms with Gasteiger partial charge in [-0.1, -0.05) is 59.8 Å². The molecule has 3 aliphatic rings. The summed E-state index contributed by atoms with van der Waals surface area (Å²) in [5.41, 5.74) is -2.27. The fourth-order valence-corrected chi connectivity index (χ4v) is 6.37. The van der Waals surface area contributed by atoms with Gasteiger partial charge in [-0.25, -0.2) is 0 Å². The summed E-state index contributed by atoms with van der Waals surface area (Å²) in [6.07, 6.45) is 9.18. The van der Waals surface area contributed by atoms with E-state index in [1.807, 2.05) is 6.92 Å². The molecule has 4 atom stereocenters. The number of hydrogen-bond acceptors (Lipinski definition) is 6. The fourth-order valence-electron chi connectivity index (χ4n) is 6.37. The highest BCUT2D eigenvalue weighted by atomic mass is 16.7. The van der Waals surface area contributed by atoms with Crippen molar-refractivity contribution in [2.75, 3.05) is 13.2 Å². The molecule has 1 heterocycles. The van der Waals surface area contributed by atoms with E-state index in [0.717, 1.165) is 32.1 Å². The molecule has 6 heteroatoms. The van der Waals surface area contributed by atoms with Crippen LogP contribution in [0.15, 0.2) is 11.6 Å². The SMILES string of the molecule is CCCCCCCC(=O)O[C@@H]1C=C(C=O)[C@](O)(C2OCCO2)[C@@]2(C)CCCC(C)(C)[C@H]12. The average molecular weight is 437 g/mol. The van der Waals surface area contributed by atoms with Crippen LogP contribution in [0.1, 0.15) is 85.5 Å². The zero-order valence-corrected chi connectivity index (χ0v) is 19.7. The first-order valence-electron chi connectivity index (χ1n) is 12.0. The van der Waals surface area contributed by atoms with Gasteiger partial charge in [0.05, 0.1) is 13.2 Å². The smallest absolute Gasteiger partial charge is 0.306 e. The number of aldehydes is 1. The van der Waals surface area contributed by atoms with Crippen molar-refractivity contribution in [1.29, 1.82) is 0 Å². The van der Waals surface area contributed by atoms with Crippen LogP contribution in [0.5, 0.6) is 0 Å². The van der Waals surface area contributed by atoms with E-state index in [1.165, 1.54) is 12.8 Å². The van der Waals surface area contributed by atoms with Gasteiger partial charge >= 0.3 is 5.97 Å². The van der Waals surface area contributed by atoms with E-state index in [4.69, 9.17) is 14.2 Å². The van der Waals surface area contributed by atoms with Gasteiger partial charge in [-0.15, -0.1) is 0 Å². The summed E-state index contributed by atoms with van der Waals surface area (Å²) in [7, 11) is 0. The number of rotatable bonds is 9. The van der Waals surface area contributed by atoms with E-state index in [2.05, 4.69) is 20.8 Å². The van der Waals surface area contributed by atoms with Gasteiger partial charge in [0.15, 0.2) is 6.29 Å². The molecule has 0 bridgehead atoms. The second kappa shape index (κ2) is 9.72. The van der Waals surface area contributed by atoms with Gasteiger partial charge in [0.1, 0.15) is 18.0 Å². The summed E-state index contributed by atoms with van der Waals surface area (Å²) in [6, 6.07) is 0. The minimum Gasteiger partial charge on any atom is -0.458 e. The molecule has 31 heavy (non-hydrogen) atoms. The van der Waals surface area contributed by atoms with E-state index >= 15 is 0 Å². The lowest BCUT2D eigenvalue weighted by molar-refractivity contribution is -0.258. The molecule has 0 radical (unpaired) electrons. The molecule has 3 rings (SSSR count). The topological polar surface area (TPSA) is 82.1 Å². The Hall–Kier alpha value is -1.24. The molecule has 1 N–H and O–H groups in total. The lowest BCUT2D eigenvalue weighted by Crippen LogP contribution is -2.68. The zero-order chi connectivity index (χ0) is 22.7. The van der Waals surface area contributed by atoms with Gasteiger partial charge in [-0.3, -0.25) is 9.59 Å². The van der Waals surface area contributed by atoms with E-state index in [9.17, 15) is 14.7 Å². The molecule has 0 aromatic carbocycles. The van der Waals surface area contributed by atoms with Crippen LogP contribution in [0.3, 0.4) is 0 Å². The summed E-state index contributed by atoms with van der Waals surface area (Å²) >= 11 is 0. The first-order chi connectivity index (χ1) is 14.7.